The number of rotatable bonds is 4. The van der Waals surface area contributed by atoms with Crippen molar-refractivity contribution in [3.05, 3.63) is 59.9 Å². The van der Waals surface area contributed by atoms with Crippen LogP contribution >= 0.6 is 0 Å². The second kappa shape index (κ2) is 7.43. The molecule has 0 aromatic heterocycles. The van der Waals surface area contributed by atoms with E-state index in [2.05, 4.69) is 10.0 Å². The summed E-state index contributed by atoms with van der Waals surface area (Å²) >= 11 is 0. The molecule has 1 amide bonds. The lowest BCUT2D eigenvalue weighted by Gasteiger charge is -2.32. The van der Waals surface area contributed by atoms with E-state index >= 15 is 0 Å². The van der Waals surface area contributed by atoms with Crippen LogP contribution in [0.5, 0.6) is 0 Å². The highest BCUT2D eigenvalue weighted by Crippen LogP contribution is 2.20. The fourth-order valence-corrected chi connectivity index (χ4v) is 3.96. The Labute approximate surface area is 152 Å². The minimum absolute atomic E-state index is 0.0882. The molecule has 1 unspecified atom stereocenters. The lowest BCUT2D eigenvalue weighted by molar-refractivity contribution is 0.0709. The molecular weight excluding hydrogens is 357 g/mol. The van der Waals surface area contributed by atoms with Crippen LogP contribution in [-0.2, 0) is 10.0 Å². The van der Waals surface area contributed by atoms with Crippen LogP contribution in [0.3, 0.4) is 0 Å². The second-order valence-corrected chi connectivity index (χ2v) is 7.90. The van der Waals surface area contributed by atoms with E-state index in [1.807, 2.05) is 6.92 Å². The number of anilines is 1. The van der Waals surface area contributed by atoms with Crippen LogP contribution in [0.2, 0.25) is 0 Å². The summed E-state index contributed by atoms with van der Waals surface area (Å²) in [4.78, 5) is 14.3. The van der Waals surface area contributed by atoms with Crippen LogP contribution < -0.4 is 10.0 Å². The molecule has 2 aromatic carbocycles. The van der Waals surface area contributed by atoms with Crippen LogP contribution in [0.4, 0.5) is 10.1 Å². The Bertz CT molecular complexity index is 917. The topological polar surface area (TPSA) is 78.5 Å². The predicted molar refractivity (Wildman–Crippen MR) is 97.0 cm³/mol. The number of nitrogens with zero attached hydrogens (tertiary/aromatic N) is 1. The van der Waals surface area contributed by atoms with E-state index in [1.165, 1.54) is 42.5 Å². The highest BCUT2D eigenvalue weighted by Gasteiger charge is 2.23. The van der Waals surface area contributed by atoms with Crippen LogP contribution in [0.25, 0.3) is 0 Å². The molecule has 2 N–H and O–H groups in total. The molecule has 1 fully saturated rings. The molecule has 1 aliphatic heterocycles. The van der Waals surface area contributed by atoms with Gasteiger partial charge in [0.05, 0.1) is 10.6 Å². The molecule has 0 bridgehead atoms. The van der Waals surface area contributed by atoms with E-state index in [0.29, 0.717) is 19.6 Å². The summed E-state index contributed by atoms with van der Waals surface area (Å²) in [5.41, 5.74) is 0.149. The quantitative estimate of drug-likeness (QED) is 0.855. The van der Waals surface area contributed by atoms with E-state index in [9.17, 15) is 17.6 Å². The number of halogens is 1. The predicted octanol–water partition coefficient (Wildman–Crippen LogP) is 2.06. The van der Waals surface area contributed by atoms with Gasteiger partial charge >= 0.3 is 0 Å². The first-order valence-electron chi connectivity index (χ1n) is 8.27. The number of piperazine rings is 1. The first-order valence-corrected chi connectivity index (χ1v) is 9.75. The molecule has 0 saturated carbocycles. The second-order valence-electron chi connectivity index (χ2n) is 6.22. The zero-order chi connectivity index (χ0) is 18.7. The minimum atomic E-state index is -4.01. The number of benzene rings is 2. The van der Waals surface area contributed by atoms with Crippen molar-refractivity contribution in [1.82, 2.24) is 10.2 Å². The van der Waals surface area contributed by atoms with Crippen molar-refractivity contribution in [2.75, 3.05) is 24.4 Å². The van der Waals surface area contributed by atoms with Gasteiger partial charge in [-0.15, -0.1) is 0 Å². The molecule has 3 rings (SSSR count). The van der Waals surface area contributed by atoms with Crippen molar-refractivity contribution in [2.24, 2.45) is 0 Å². The lowest BCUT2D eigenvalue weighted by atomic mass is 10.1. The van der Waals surface area contributed by atoms with E-state index in [-0.39, 0.29) is 28.1 Å². The SMILES string of the molecule is CC1CN(C(=O)c2cccc(S(=O)(=O)Nc3ccccc3F)c2)CCN1. The maximum Gasteiger partial charge on any atom is 0.262 e. The van der Waals surface area contributed by atoms with Crippen molar-refractivity contribution >= 4 is 21.6 Å². The molecule has 1 aliphatic rings. The number of hydrogen-bond acceptors (Lipinski definition) is 4. The van der Waals surface area contributed by atoms with Crippen LogP contribution in [0.1, 0.15) is 17.3 Å². The van der Waals surface area contributed by atoms with Gasteiger partial charge < -0.3 is 10.2 Å². The number of sulfonamides is 1. The minimum Gasteiger partial charge on any atom is -0.336 e. The summed E-state index contributed by atoms with van der Waals surface area (Å²) < 4.78 is 41.0. The Hall–Kier alpha value is -2.45. The average Bonchev–Trinajstić information content (AvgIpc) is 2.63. The summed E-state index contributed by atoms with van der Waals surface area (Å²) in [6.07, 6.45) is 0. The maximum absolute atomic E-state index is 13.7. The van der Waals surface area contributed by atoms with Crippen LogP contribution in [-0.4, -0.2) is 44.9 Å². The maximum atomic E-state index is 13.7. The van der Waals surface area contributed by atoms with E-state index in [1.54, 1.807) is 11.0 Å². The summed E-state index contributed by atoms with van der Waals surface area (Å²) in [7, 11) is -4.01. The number of carbonyl (C=O) groups excluding carboxylic acids is 1. The number of nitrogens with one attached hydrogen (secondary N) is 2. The third kappa shape index (κ3) is 4.03. The molecule has 0 spiro atoms. The summed E-state index contributed by atoms with van der Waals surface area (Å²) in [5, 5.41) is 3.25. The molecule has 138 valence electrons. The highest BCUT2D eigenvalue weighted by atomic mass is 32.2. The Kier molecular flexibility index (Phi) is 5.24. The van der Waals surface area contributed by atoms with Gasteiger partial charge in [-0.25, -0.2) is 12.8 Å². The summed E-state index contributed by atoms with van der Waals surface area (Å²) in [6, 6.07) is 11.5. The monoisotopic (exact) mass is 377 g/mol. The molecular formula is C18H20FN3O3S. The van der Waals surface area contributed by atoms with Crippen molar-refractivity contribution in [3.8, 4) is 0 Å². The molecule has 1 atom stereocenters. The number of hydrogen-bond donors (Lipinski definition) is 2. The number of para-hydroxylation sites is 1. The lowest BCUT2D eigenvalue weighted by Crippen LogP contribution is -2.51. The Morgan fingerprint density at radius 2 is 2.00 bits per heavy atom. The van der Waals surface area contributed by atoms with Gasteiger partial charge in [-0.2, -0.15) is 0 Å². The van der Waals surface area contributed by atoms with Gasteiger partial charge in [0.15, 0.2) is 0 Å². The first-order chi connectivity index (χ1) is 12.4. The van der Waals surface area contributed by atoms with Gasteiger partial charge in [0, 0.05) is 31.2 Å². The van der Waals surface area contributed by atoms with Gasteiger partial charge in [0.2, 0.25) is 0 Å². The number of carbonyl (C=O) groups is 1. The van der Waals surface area contributed by atoms with Crippen molar-refractivity contribution in [1.29, 1.82) is 0 Å². The molecule has 1 saturated heterocycles. The highest BCUT2D eigenvalue weighted by molar-refractivity contribution is 7.92. The van der Waals surface area contributed by atoms with Crippen molar-refractivity contribution in [2.45, 2.75) is 17.9 Å². The molecule has 0 aliphatic carbocycles. The van der Waals surface area contributed by atoms with Gasteiger partial charge in [0.25, 0.3) is 15.9 Å². The Morgan fingerprint density at radius 3 is 2.73 bits per heavy atom. The number of amides is 1. The Morgan fingerprint density at radius 1 is 1.23 bits per heavy atom. The first kappa shape index (κ1) is 18.3. The largest absolute Gasteiger partial charge is 0.336 e. The third-order valence-corrected chi connectivity index (χ3v) is 5.53. The fraction of sp³-hybridized carbons (Fsp3) is 0.278. The summed E-state index contributed by atoms with van der Waals surface area (Å²) in [5.74, 6) is -0.889. The summed E-state index contributed by atoms with van der Waals surface area (Å²) in [6.45, 7) is 3.80. The van der Waals surface area contributed by atoms with Gasteiger partial charge in [-0.1, -0.05) is 18.2 Å². The third-order valence-electron chi connectivity index (χ3n) is 4.17. The molecule has 6 nitrogen and oxygen atoms in total. The molecule has 0 radical (unpaired) electrons. The van der Waals surface area contributed by atoms with Crippen LogP contribution in [0.15, 0.2) is 53.4 Å². The molecule has 1 heterocycles. The van der Waals surface area contributed by atoms with Gasteiger partial charge in [-0.3, -0.25) is 9.52 Å². The molecule has 8 heteroatoms. The smallest absolute Gasteiger partial charge is 0.262 e. The zero-order valence-electron chi connectivity index (χ0n) is 14.3. The standard InChI is InChI=1S/C18H20FN3O3S/c1-13-12-22(10-9-20-13)18(23)14-5-4-6-15(11-14)26(24,25)21-17-8-3-2-7-16(17)19/h2-8,11,13,20-21H,9-10,12H2,1H3. The van der Waals surface area contributed by atoms with Gasteiger partial charge in [0.1, 0.15) is 5.82 Å². The van der Waals surface area contributed by atoms with Crippen LogP contribution in [0, 0.1) is 5.82 Å². The zero-order valence-corrected chi connectivity index (χ0v) is 15.1. The van der Waals surface area contributed by atoms with E-state index in [0.717, 1.165) is 0 Å². The fourth-order valence-electron chi connectivity index (χ4n) is 2.84. The van der Waals surface area contributed by atoms with Crippen molar-refractivity contribution in [3.63, 3.8) is 0 Å². The molecule has 2 aromatic rings. The average molecular weight is 377 g/mol. The van der Waals surface area contributed by atoms with E-state index in [4.69, 9.17) is 0 Å². The normalized spacial score (nSPS) is 17.8. The van der Waals surface area contributed by atoms with Gasteiger partial charge in [-0.05, 0) is 37.3 Å². The Balaban J connectivity index is 1.84. The van der Waals surface area contributed by atoms with E-state index < -0.39 is 15.8 Å². The van der Waals surface area contributed by atoms with Crippen molar-refractivity contribution < 1.29 is 17.6 Å². The molecule has 26 heavy (non-hydrogen) atoms.